The van der Waals surface area contributed by atoms with Crippen molar-refractivity contribution in [3.8, 4) is 0 Å². The number of hydrogen-bond acceptors (Lipinski definition) is 3. The second-order valence-corrected chi connectivity index (χ2v) is 5.82. The fraction of sp³-hybridized carbons (Fsp3) is 0.235. The summed E-state index contributed by atoms with van der Waals surface area (Å²) in [6.07, 6.45) is 3.00. The molecule has 2 amide bonds. The number of halogens is 1. The molecular formula is C17H16ClN3O2. The topological polar surface area (TPSA) is 71.1 Å². The van der Waals surface area contributed by atoms with E-state index >= 15 is 0 Å². The Balaban J connectivity index is 1.86. The zero-order valence-corrected chi connectivity index (χ0v) is 13.4. The number of benzene rings is 1. The van der Waals surface area contributed by atoms with Gasteiger partial charge in [0.1, 0.15) is 5.69 Å². The minimum absolute atomic E-state index is 0.0581. The third-order valence-electron chi connectivity index (χ3n) is 3.88. The number of nitrogens with zero attached hydrogens (tertiary/aromatic N) is 1. The molecule has 0 aliphatic carbocycles. The van der Waals surface area contributed by atoms with E-state index in [1.165, 1.54) is 0 Å². The molecule has 2 aromatic rings. The average Bonchev–Trinajstić information content (AvgIpc) is 2.56. The van der Waals surface area contributed by atoms with E-state index in [1.54, 1.807) is 19.3 Å². The molecule has 2 heterocycles. The van der Waals surface area contributed by atoms with Gasteiger partial charge < -0.3 is 10.6 Å². The van der Waals surface area contributed by atoms with Gasteiger partial charge in [-0.3, -0.25) is 14.6 Å². The lowest BCUT2D eigenvalue weighted by Gasteiger charge is -2.18. The Labute approximate surface area is 139 Å². The van der Waals surface area contributed by atoms with Crippen LogP contribution in [0.15, 0.2) is 30.5 Å². The van der Waals surface area contributed by atoms with Gasteiger partial charge in [-0.1, -0.05) is 17.7 Å². The molecule has 0 bridgehead atoms. The Morgan fingerprint density at radius 1 is 1.39 bits per heavy atom. The summed E-state index contributed by atoms with van der Waals surface area (Å²) in [5.41, 5.74) is 3.83. The molecule has 1 aliphatic heterocycles. The van der Waals surface area contributed by atoms with E-state index in [9.17, 15) is 9.59 Å². The van der Waals surface area contributed by atoms with E-state index in [-0.39, 0.29) is 11.8 Å². The fourth-order valence-corrected chi connectivity index (χ4v) is 2.88. The van der Waals surface area contributed by atoms with Crippen molar-refractivity contribution in [2.75, 3.05) is 13.6 Å². The van der Waals surface area contributed by atoms with Crippen LogP contribution in [0.4, 0.5) is 0 Å². The van der Waals surface area contributed by atoms with Gasteiger partial charge >= 0.3 is 0 Å². The Hall–Kier alpha value is -2.40. The zero-order valence-electron chi connectivity index (χ0n) is 12.6. The lowest BCUT2D eigenvalue weighted by atomic mass is 9.95. The largest absolute Gasteiger partial charge is 0.354 e. The number of pyridine rings is 1. The third kappa shape index (κ3) is 3.19. The van der Waals surface area contributed by atoms with Gasteiger partial charge in [-0.15, -0.1) is 0 Å². The van der Waals surface area contributed by atoms with Gasteiger partial charge in [-0.05, 0) is 41.3 Å². The van der Waals surface area contributed by atoms with Crippen LogP contribution in [-0.2, 0) is 12.8 Å². The van der Waals surface area contributed by atoms with Crippen molar-refractivity contribution in [3.63, 3.8) is 0 Å². The van der Waals surface area contributed by atoms with Crippen LogP contribution in [0.1, 0.15) is 37.5 Å². The van der Waals surface area contributed by atoms with E-state index in [0.29, 0.717) is 29.2 Å². The van der Waals surface area contributed by atoms with Crippen LogP contribution in [0, 0.1) is 0 Å². The predicted octanol–water partition coefficient (Wildman–Crippen LogP) is 1.97. The first-order chi connectivity index (χ1) is 11.1. The van der Waals surface area contributed by atoms with E-state index in [0.717, 1.165) is 23.1 Å². The average molecular weight is 330 g/mol. The molecule has 0 unspecified atom stereocenters. The van der Waals surface area contributed by atoms with Crippen molar-refractivity contribution in [1.82, 2.24) is 15.6 Å². The highest BCUT2D eigenvalue weighted by Crippen LogP contribution is 2.26. The Morgan fingerprint density at radius 3 is 2.91 bits per heavy atom. The summed E-state index contributed by atoms with van der Waals surface area (Å²) in [6.45, 7) is 0.645. The van der Waals surface area contributed by atoms with Crippen LogP contribution in [0.25, 0.3) is 0 Å². The first-order valence-corrected chi connectivity index (χ1v) is 7.73. The number of rotatable bonds is 3. The molecular weight excluding hydrogens is 314 g/mol. The van der Waals surface area contributed by atoms with Gasteiger partial charge in [0, 0.05) is 36.8 Å². The van der Waals surface area contributed by atoms with Gasteiger partial charge in [-0.25, -0.2) is 0 Å². The van der Waals surface area contributed by atoms with Crippen LogP contribution in [0.3, 0.4) is 0 Å². The maximum absolute atomic E-state index is 11.9. The summed E-state index contributed by atoms with van der Waals surface area (Å²) in [7, 11) is 1.57. The van der Waals surface area contributed by atoms with Gasteiger partial charge in [-0.2, -0.15) is 0 Å². The lowest BCUT2D eigenvalue weighted by Crippen LogP contribution is -2.31. The molecule has 1 aliphatic rings. The Bertz CT molecular complexity index is 772. The highest BCUT2D eigenvalue weighted by molar-refractivity contribution is 6.31. The molecule has 6 heteroatoms. The molecule has 0 saturated heterocycles. The van der Waals surface area contributed by atoms with Crippen LogP contribution in [-0.4, -0.2) is 30.4 Å². The van der Waals surface area contributed by atoms with Crippen molar-refractivity contribution < 1.29 is 9.59 Å². The lowest BCUT2D eigenvalue weighted by molar-refractivity contribution is 0.0942. The molecule has 118 valence electrons. The molecule has 5 nitrogen and oxygen atoms in total. The number of fused-ring (bicyclic) bond motifs is 1. The minimum atomic E-state index is -0.222. The number of nitrogens with one attached hydrogen (secondary N) is 2. The molecule has 2 N–H and O–H groups in total. The van der Waals surface area contributed by atoms with Crippen molar-refractivity contribution in [2.45, 2.75) is 12.8 Å². The number of aromatic nitrogens is 1. The SMILES string of the molecule is CNC(=O)c1ccc(Cc2cc3c(cc2Cl)CCNC3=O)cn1. The zero-order chi connectivity index (χ0) is 16.4. The van der Waals surface area contributed by atoms with Crippen molar-refractivity contribution in [2.24, 2.45) is 0 Å². The van der Waals surface area contributed by atoms with Crippen molar-refractivity contribution in [1.29, 1.82) is 0 Å². The second-order valence-electron chi connectivity index (χ2n) is 5.41. The highest BCUT2D eigenvalue weighted by Gasteiger charge is 2.19. The summed E-state index contributed by atoms with van der Waals surface area (Å²) in [4.78, 5) is 27.6. The molecule has 1 aromatic carbocycles. The second kappa shape index (κ2) is 6.38. The molecule has 0 spiro atoms. The van der Waals surface area contributed by atoms with E-state index < -0.39 is 0 Å². The number of amides is 2. The summed E-state index contributed by atoms with van der Waals surface area (Å²) >= 11 is 6.35. The molecule has 0 radical (unpaired) electrons. The summed E-state index contributed by atoms with van der Waals surface area (Å²) < 4.78 is 0. The first-order valence-electron chi connectivity index (χ1n) is 7.35. The first kappa shape index (κ1) is 15.5. The normalized spacial score (nSPS) is 13.2. The Morgan fingerprint density at radius 2 is 2.22 bits per heavy atom. The monoisotopic (exact) mass is 329 g/mol. The molecule has 0 atom stereocenters. The quantitative estimate of drug-likeness (QED) is 0.904. The van der Waals surface area contributed by atoms with Crippen molar-refractivity contribution in [3.05, 3.63) is 63.4 Å². The number of hydrogen-bond donors (Lipinski definition) is 2. The smallest absolute Gasteiger partial charge is 0.269 e. The summed E-state index contributed by atoms with van der Waals surface area (Å²) in [5, 5.41) is 6.01. The van der Waals surface area contributed by atoms with Gasteiger partial charge in [0.15, 0.2) is 0 Å². The van der Waals surface area contributed by atoms with Crippen LogP contribution < -0.4 is 10.6 Å². The maximum Gasteiger partial charge on any atom is 0.269 e. The van der Waals surface area contributed by atoms with Crippen LogP contribution >= 0.6 is 11.6 Å². The summed E-state index contributed by atoms with van der Waals surface area (Å²) in [5.74, 6) is -0.280. The molecule has 0 fully saturated rings. The summed E-state index contributed by atoms with van der Waals surface area (Å²) in [6, 6.07) is 7.23. The van der Waals surface area contributed by atoms with Crippen molar-refractivity contribution >= 4 is 23.4 Å². The molecule has 3 rings (SSSR count). The van der Waals surface area contributed by atoms with Crippen LogP contribution in [0.2, 0.25) is 5.02 Å². The number of carbonyl (C=O) groups excluding carboxylic acids is 2. The van der Waals surface area contributed by atoms with Gasteiger partial charge in [0.2, 0.25) is 0 Å². The third-order valence-corrected chi connectivity index (χ3v) is 4.23. The van der Waals surface area contributed by atoms with E-state index in [1.807, 2.05) is 18.2 Å². The van der Waals surface area contributed by atoms with Crippen LogP contribution in [0.5, 0.6) is 0 Å². The Kier molecular flexibility index (Phi) is 4.30. The molecule has 0 saturated carbocycles. The predicted molar refractivity (Wildman–Crippen MR) is 87.9 cm³/mol. The number of carbonyl (C=O) groups is 2. The fourth-order valence-electron chi connectivity index (χ4n) is 2.63. The molecule has 1 aromatic heterocycles. The van der Waals surface area contributed by atoms with Gasteiger partial charge in [0.05, 0.1) is 0 Å². The highest BCUT2D eigenvalue weighted by atomic mass is 35.5. The van der Waals surface area contributed by atoms with E-state index in [4.69, 9.17) is 11.6 Å². The minimum Gasteiger partial charge on any atom is -0.354 e. The maximum atomic E-state index is 11.9. The van der Waals surface area contributed by atoms with Gasteiger partial charge in [0.25, 0.3) is 11.8 Å². The van der Waals surface area contributed by atoms with E-state index in [2.05, 4.69) is 15.6 Å². The standard InChI is InChI=1S/C17H16ClN3O2/c1-19-17(23)15-3-2-10(9-21-15)6-12-7-13-11(8-14(12)18)4-5-20-16(13)22/h2-3,7-9H,4-6H2,1H3,(H,19,23)(H,20,22). The molecule has 23 heavy (non-hydrogen) atoms.